The van der Waals surface area contributed by atoms with Crippen molar-refractivity contribution in [2.24, 2.45) is 0 Å². The molecule has 0 aromatic heterocycles. The smallest absolute Gasteiger partial charge is 0.239 e. The minimum atomic E-state index is -0.223. The Hall–Kier alpha value is -2.15. The number of piperidine rings is 1. The summed E-state index contributed by atoms with van der Waals surface area (Å²) < 4.78 is 13.1. The molecule has 27 heavy (non-hydrogen) atoms. The molecule has 6 nitrogen and oxygen atoms in total. The highest BCUT2D eigenvalue weighted by molar-refractivity contribution is 5.81. The number of nitrogens with zero attached hydrogens (tertiary/aromatic N) is 3. The number of anilines is 1. The molecule has 2 aliphatic heterocycles. The topological polar surface area (TPSA) is 55.9 Å². The Balaban J connectivity index is 1.47. The first-order chi connectivity index (χ1) is 12.9. The summed E-state index contributed by atoms with van der Waals surface area (Å²) in [5, 5.41) is 2.94. The maximum absolute atomic E-state index is 13.1. The quantitative estimate of drug-likeness (QED) is 0.865. The fourth-order valence-electron chi connectivity index (χ4n) is 3.97. The van der Waals surface area contributed by atoms with Crippen LogP contribution in [0.15, 0.2) is 24.3 Å². The van der Waals surface area contributed by atoms with Crippen LogP contribution in [-0.4, -0.2) is 73.0 Å². The molecule has 0 saturated carbocycles. The molecule has 1 aromatic rings. The van der Waals surface area contributed by atoms with Crippen molar-refractivity contribution in [1.29, 1.82) is 0 Å². The third-order valence-corrected chi connectivity index (χ3v) is 5.63. The van der Waals surface area contributed by atoms with Crippen molar-refractivity contribution in [1.82, 2.24) is 15.1 Å². The SMILES string of the molecule is CC(=O)NC1CCN(C(=O)C(C)N2CCN(c3ccc(F)cc3)CC2)CC1. The van der Waals surface area contributed by atoms with Crippen LogP contribution in [0.1, 0.15) is 26.7 Å². The second kappa shape index (κ2) is 8.69. The van der Waals surface area contributed by atoms with Crippen molar-refractivity contribution in [2.75, 3.05) is 44.2 Å². The zero-order valence-corrected chi connectivity index (χ0v) is 16.2. The van der Waals surface area contributed by atoms with E-state index in [1.807, 2.05) is 11.8 Å². The number of halogens is 1. The molecular formula is C20H29FN4O2. The fraction of sp³-hybridized carbons (Fsp3) is 0.600. The average molecular weight is 376 g/mol. The fourth-order valence-corrected chi connectivity index (χ4v) is 3.97. The highest BCUT2D eigenvalue weighted by Crippen LogP contribution is 2.19. The Kier molecular flexibility index (Phi) is 6.31. The van der Waals surface area contributed by atoms with Crippen LogP contribution in [0.3, 0.4) is 0 Å². The van der Waals surface area contributed by atoms with Crippen molar-refractivity contribution in [3.8, 4) is 0 Å². The van der Waals surface area contributed by atoms with Crippen molar-refractivity contribution < 1.29 is 14.0 Å². The predicted octanol–water partition coefficient (Wildman–Crippen LogP) is 1.46. The van der Waals surface area contributed by atoms with E-state index in [-0.39, 0.29) is 29.7 Å². The number of carbonyl (C=O) groups is 2. The zero-order valence-electron chi connectivity index (χ0n) is 16.2. The van der Waals surface area contributed by atoms with E-state index in [1.165, 1.54) is 19.1 Å². The van der Waals surface area contributed by atoms with Gasteiger partial charge in [0.2, 0.25) is 11.8 Å². The second-order valence-corrected chi connectivity index (χ2v) is 7.48. The van der Waals surface area contributed by atoms with Gasteiger partial charge in [-0.1, -0.05) is 0 Å². The summed E-state index contributed by atoms with van der Waals surface area (Å²) in [5.74, 6) is -0.0578. The highest BCUT2D eigenvalue weighted by atomic mass is 19.1. The Morgan fingerprint density at radius 2 is 1.63 bits per heavy atom. The van der Waals surface area contributed by atoms with Gasteiger partial charge in [0, 0.05) is 57.9 Å². The Bertz CT molecular complexity index is 650. The van der Waals surface area contributed by atoms with Gasteiger partial charge in [-0.05, 0) is 44.0 Å². The zero-order chi connectivity index (χ0) is 19.4. The van der Waals surface area contributed by atoms with Gasteiger partial charge in [-0.25, -0.2) is 4.39 Å². The van der Waals surface area contributed by atoms with Gasteiger partial charge in [-0.3, -0.25) is 14.5 Å². The molecule has 7 heteroatoms. The summed E-state index contributed by atoms with van der Waals surface area (Å²) in [7, 11) is 0. The van der Waals surface area contributed by atoms with E-state index in [4.69, 9.17) is 0 Å². The summed E-state index contributed by atoms with van der Waals surface area (Å²) in [6.45, 7) is 8.19. The molecule has 2 saturated heterocycles. The molecule has 1 aromatic carbocycles. The number of hydrogen-bond donors (Lipinski definition) is 1. The molecule has 0 bridgehead atoms. The number of benzene rings is 1. The second-order valence-electron chi connectivity index (χ2n) is 7.48. The average Bonchev–Trinajstić information content (AvgIpc) is 2.68. The maximum Gasteiger partial charge on any atom is 0.239 e. The summed E-state index contributed by atoms with van der Waals surface area (Å²) in [6, 6.07) is 6.62. The van der Waals surface area contributed by atoms with Crippen LogP contribution in [0.2, 0.25) is 0 Å². The lowest BCUT2D eigenvalue weighted by Gasteiger charge is -2.41. The number of rotatable bonds is 4. The van der Waals surface area contributed by atoms with E-state index in [0.29, 0.717) is 13.1 Å². The molecule has 1 atom stereocenters. The van der Waals surface area contributed by atoms with Gasteiger partial charge in [0.25, 0.3) is 0 Å². The number of amides is 2. The summed E-state index contributed by atoms with van der Waals surface area (Å²) in [6.07, 6.45) is 1.63. The maximum atomic E-state index is 13.1. The molecule has 148 valence electrons. The molecule has 3 rings (SSSR count). The first kappa shape index (κ1) is 19.6. The molecule has 0 radical (unpaired) electrons. The third-order valence-electron chi connectivity index (χ3n) is 5.63. The van der Waals surface area contributed by atoms with Gasteiger partial charge >= 0.3 is 0 Å². The van der Waals surface area contributed by atoms with Gasteiger partial charge < -0.3 is 15.1 Å². The molecule has 2 amide bonds. The summed E-state index contributed by atoms with van der Waals surface area (Å²) >= 11 is 0. The van der Waals surface area contributed by atoms with Crippen LogP contribution < -0.4 is 10.2 Å². The van der Waals surface area contributed by atoms with Crippen molar-refractivity contribution in [3.05, 3.63) is 30.1 Å². The highest BCUT2D eigenvalue weighted by Gasteiger charge is 2.31. The van der Waals surface area contributed by atoms with Gasteiger partial charge in [-0.2, -0.15) is 0 Å². The van der Waals surface area contributed by atoms with E-state index >= 15 is 0 Å². The summed E-state index contributed by atoms with van der Waals surface area (Å²) in [5.41, 5.74) is 1.02. The van der Waals surface area contributed by atoms with Crippen molar-refractivity contribution in [2.45, 2.75) is 38.8 Å². The van der Waals surface area contributed by atoms with Crippen LogP contribution in [0.4, 0.5) is 10.1 Å². The Labute approximate surface area is 160 Å². The van der Waals surface area contributed by atoms with Gasteiger partial charge in [0.15, 0.2) is 0 Å². The lowest BCUT2D eigenvalue weighted by atomic mass is 10.0. The number of carbonyl (C=O) groups excluding carboxylic acids is 2. The lowest BCUT2D eigenvalue weighted by Crippen LogP contribution is -2.56. The van der Waals surface area contributed by atoms with Crippen LogP contribution in [0.25, 0.3) is 0 Å². The van der Waals surface area contributed by atoms with E-state index in [0.717, 1.165) is 44.7 Å². The Morgan fingerprint density at radius 1 is 1.04 bits per heavy atom. The normalized spacial score (nSPS) is 20.4. The molecule has 2 aliphatic rings. The van der Waals surface area contributed by atoms with Crippen LogP contribution in [0, 0.1) is 5.82 Å². The summed E-state index contributed by atoms with van der Waals surface area (Å²) in [4.78, 5) is 30.4. The first-order valence-electron chi connectivity index (χ1n) is 9.74. The standard InChI is InChI=1S/C20H29FN4O2/c1-15(20(27)25-9-7-18(8-10-25)22-16(2)26)23-11-13-24(14-12-23)19-5-3-17(21)4-6-19/h3-6,15,18H,7-14H2,1-2H3,(H,22,26). The van der Waals surface area contributed by atoms with E-state index < -0.39 is 0 Å². The molecule has 2 heterocycles. The molecule has 1 N–H and O–H groups in total. The third kappa shape index (κ3) is 4.97. The minimum Gasteiger partial charge on any atom is -0.369 e. The van der Waals surface area contributed by atoms with Gasteiger partial charge in [0.1, 0.15) is 5.82 Å². The van der Waals surface area contributed by atoms with Crippen LogP contribution in [0.5, 0.6) is 0 Å². The number of piperazine rings is 1. The van der Waals surface area contributed by atoms with Crippen molar-refractivity contribution in [3.63, 3.8) is 0 Å². The van der Waals surface area contributed by atoms with E-state index in [9.17, 15) is 14.0 Å². The van der Waals surface area contributed by atoms with E-state index in [2.05, 4.69) is 15.1 Å². The molecule has 0 spiro atoms. The monoisotopic (exact) mass is 376 g/mol. The number of hydrogen-bond acceptors (Lipinski definition) is 4. The Morgan fingerprint density at radius 3 is 2.19 bits per heavy atom. The van der Waals surface area contributed by atoms with Crippen LogP contribution in [-0.2, 0) is 9.59 Å². The first-order valence-corrected chi connectivity index (χ1v) is 9.74. The molecule has 1 unspecified atom stereocenters. The van der Waals surface area contributed by atoms with Gasteiger partial charge in [-0.15, -0.1) is 0 Å². The molecule has 0 aliphatic carbocycles. The largest absolute Gasteiger partial charge is 0.369 e. The van der Waals surface area contributed by atoms with Crippen LogP contribution >= 0.6 is 0 Å². The lowest BCUT2D eigenvalue weighted by molar-refractivity contribution is -0.137. The van der Waals surface area contributed by atoms with Crippen molar-refractivity contribution >= 4 is 17.5 Å². The molecule has 2 fully saturated rings. The molecular weight excluding hydrogens is 347 g/mol. The minimum absolute atomic E-state index is 0.00725. The number of nitrogens with one attached hydrogen (secondary N) is 1. The van der Waals surface area contributed by atoms with Gasteiger partial charge in [0.05, 0.1) is 6.04 Å². The predicted molar refractivity (Wildman–Crippen MR) is 103 cm³/mol. The van der Waals surface area contributed by atoms with E-state index in [1.54, 1.807) is 12.1 Å². The number of likely N-dealkylation sites (tertiary alicyclic amines) is 1.